The van der Waals surface area contributed by atoms with Crippen LogP contribution in [0.4, 0.5) is 5.69 Å². The van der Waals surface area contributed by atoms with Crippen molar-refractivity contribution in [3.8, 4) is 0 Å². The molecule has 31 heavy (non-hydrogen) atoms. The van der Waals surface area contributed by atoms with Gasteiger partial charge in [0.2, 0.25) is 15.9 Å². The van der Waals surface area contributed by atoms with E-state index >= 15 is 0 Å². The topological polar surface area (TPSA) is 105 Å². The molecule has 162 valence electrons. The standard InChI is InChI=1S/C22H23ClN4O3S/c23-20-8-3-16(21-19(20)2-1-11-25-21)14-27-12-9-15(10-13-27)22(28)26-17-4-6-18(7-5-17)31(24,29)30/h1-8,11,15H,9-10,12-14H2,(H,26,28)(H2,24,29,30). The number of benzene rings is 2. The summed E-state index contributed by atoms with van der Waals surface area (Å²) in [4.78, 5) is 19.5. The number of amides is 1. The zero-order chi connectivity index (χ0) is 22.0. The molecule has 1 aromatic heterocycles. The fraction of sp³-hybridized carbons (Fsp3) is 0.273. The SMILES string of the molecule is NS(=O)(=O)c1ccc(NC(=O)C2CCN(Cc3ccc(Cl)c4cccnc34)CC2)cc1. The number of nitrogens with zero attached hydrogens (tertiary/aromatic N) is 2. The second kappa shape index (κ2) is 8.92. The van der Waals surface area contributed by atoms with E-state index in [2.05, 4.69) is 15.2 Å². The van der Waals surface area contributed by atoms with Crippen molar-refractivity contribution in [1.29, 1.82) is 0 Å². The number of anilines is 1. The van der Waals surface area contributed by atoms with Crippen molar-refractivity contribution < 1.29 is 13.2 Å². The Kier molecular flexibility index (Phi) is 6.24. The highest BCUT2D eigenvalue weighted by molar-refractivity contribution is 7.89. The maximum absolute atomic E-state index is 12.6. The normalized spacial score (nSPS) is 15.8. The van der Waals surface area contributed by atoms with Crippen LogP contribution >= 0.6 is 11.6 Å². The molecular weight excluding hydrogens is 436 g/mol. The molecule has 0 saturated carbocycles. The maximum atomic E-state index is 12.6. The molecule has 1 aliphatic heterocycles. The Balaban J connectivity index is 1.35. The molecule has 3 aromatic rings. The molecule has 1 amide bonds. The minimum Gasteiger partial charge on any atom is -0.326 e. The number of pyridine rings is 1. The summed E-state index contributed by atoms with van der Waals surface area (Å²) in [6.45, 7) is 2.37. The lowest BCUT2D eigenvalue weighted by molar-refractivity contribution is -0.121. The van der Waals surface area contributed by atoms with Gasteiger partial charge in [-0.25, -0.2) is 13.6 Å². The fourth-order valence-electron chi connectivity index (χ4n) is 3.89. The van der Waals surface area contributed by atoms with Crippen molar-refractivity contribution in [2.24, 2.45) is 11.1 Å². The molecule has 0 unspecified atom stereocenters. The first-order chi connectivity index (χ1) is 14.8. The number of primary sulfonamides is 1. The van der Waals surface area contributed by atoms with Crippen LogP contribution in [0, 0.1) is 5.92 Å². The summed E-state index contributed by atoms with van der Waals surface area (Å²) >= 11 is 6.29. The molecule has 0 radical (unpaired) electrons. The predicted octanol–water partition coefficient (Wildman–Crippen LogP) is 3.39. The van der Waals surface area contributed by atoms with Gasteiger partial charge < -0.3 is 5.32 Å². The Labute approximate surface area is 186 Å². The number of hydrogen-bond donors (Lipinski definition) is 2. The molecule has 1 saturated heterocycles. The van der Waals surface area contributed by atoms with Crippen molar-refractivity contribution in [2.45, 2.75) is 24.3 Å². The summed E-state index contributed by atoms with van der Waals surface area (Å²) in [7, 11) is -3.75. The van der Waals surface area contributed by atoms with Gasteiger partial charge in [-0.2, -0.15) is 0 Å². The lowest BCUT2D eigenvalue weighted by Gasteiger charge is -2.31. The number of carbonyl (C=O) groups is 1. The minimum atomic E-state index is -3.75. The highest BCUT2D eigenvalue weighted by Crippen LogP contribution is 2.27. The first kappa shape index (κ1) is 21.7. The number of carbonyl (C=O) groups excluding carboxylic acids is 1. The highest BCUT2D eigenvalue weighted by atomic mass is 35.5. The van der Waals surface area contributed by atoms with Crippen molar-refractivity contribution in [1.82, 2.24) is 9.88 Å². The molecule has 1 aliphatic rings. The zero-order valence-corrected chi connectivity index (χ0v) is 18.4. The van der Waals surface area contributed by atoms with Crippen LogP contribution in [0.1, 0.15) is 18.4 Å². The fourth-order valence-corrected chi connectivity index (χ4v) is 4.62. The number of halogens is 1. The van der Waals surface area contributed by atoms with E-state index in [9.17, 15) is 13.2 Å². The van der Waals surface area contributed by atoms with Gasteiger partial charge in [0.25, 0.3) is 0 Å². The van der Waals surface area contributed by atoms with Gasteiger partial charge in [0.1, 0.15) is 0 Å². The van der Waals surface area contributed by atoms with E-state index in [1.165, 1.54) is 12.1 Å². The molecule has 0 bridgehead atoms. The Morgan fingerprint density at radius 2 is 1.84 bits per heavy atom. The molecule has 0 aliphatic carbocycles. The van der Waals surface area contributed by atoms with Crippen LogP contribution in [0.5, 0.6) is 0 Å². The summed E-state index contributed by atoms with van der Waals surface area (Å²) in [5, 5.41) is 9.61. The maximum Gasteiger partial charge on any atom is 0.238 e. The third-order valence-electron chi connectivity index (χ3n) is 5.60. The number of fused-ring (bicyclic) bond motifs is 1. The van der Waals surface area contributed by atoms with Crippen LogP contribution in [-0.2, 0) is 21.4 Å². The van der Waals surface area contributed by atoms with Gasteiger partial charge in [-0.05, 0) is 74.0 Å². The van der Waals surface area contributed by atoms with Gasteiger partial charge in [0.05, 0.1) is 10.4 Å². The molecule has 2 aromatic carbocycles. The van der Waals surface area contributed by atoms with Crippen LogP contribution in [-0.4, -0.2) is 37.3 Å². The van der Waals surface area contributed by atoms with E-state index in [-0.39, 0.29) is 16.7 Å². The quantitative estimate of drug-likeness (QED) is 0.609. The number of aromatic nitrogens is 1. The van der Waals surface area contributed by atoms with Crippen molar-refractivity contribution in [3.05, 3.63) is 65.3 Å². The van der Waals surface area contributed by atoms with Gasteiger partial charge >= 0.3 is 0 Å². The number of hydrogen-bond acceptors (Lipinski definition) is 5. The Morgan fingerprint density at radius 1 is 1.13 bits per heavy atom. The monoisotopic (exact) mass is 458 g/mol. The second-order valence-electron chi connectivity index (χ2n) is 7.72. The van der Waals surface area contributed by atoms with Gasteiger partial charge in [-0.15, -0.1) is 0 Å². The van der Waals surface area contributed by atoms with Crippen molar-refractivity contribution in [3.63, 3.8) is 0 Å². The van der Waals surface area contributed by atoms with E-state index in [4.69, 9.17) is 16.7 Å². The molecule has 3 N–H and O–H groups in total. The van der Waals surface area contributed by atoms with Crippen LogP contribution < -0.4 is 10.5 Å². The van der Waals surface area contributed by atoms with E-state index in [0.29, 0.717) is 10.7 Å². The molecule has 9 heteroatoms. The Hall–Kier alpha value is -2.52. The lowest BCUT2D eigenvalue weighted by atomic mass is 9.95. The second-order valence-corrected chi connectivity index (χ2v) is 9.68. The van der Waals surface area contributed by atoms with E-state index in [1.54, 1.807) is 18.3 Å². The molecule has 0 atom stereocenters. The van der Waals surface area contributed by atoms with E-state index < -0.39 is 10.0 Å². The summed E-state index contributed by atoms with van der Waals surface area (Å²) in [5.74, 6) is -0.143. The molecule has 0 spiro atoms. The number of nitrogens with two attached hydrogens (primary N) is 1. The first-order valence-electron chi connectivity index (χ1n) is 9.99. The molecule has 4 rings (SSSR count). The number of nitrogens with one attached hydrogen (secondary N) is 1. The summed E-state index contributed by atoms with van der Waals surface area (Å²) in [6.07, 6.45) is 3.27. The van der Waals surface area contributed by atoms with Gasteiger partial charge in [-0.3, -0.25) is 14.7 Å². The number of sulfonamides is 1. The van der Waals surface area contributed by atoms with Crippen LogP contribution in [0.25, 0.3) is 10.9 Å². The van der Waals surface area contributed by atoms with Crippen molar-refractivity contribution in [2.75, 3.05) is 18.4 Å². The van der Waals surface area contributed by atoms with E-state index in [1.807, 2.05) is 24.3 Å². The zero-order valence-electron chi connectivity index (χ0n) is 16.8. The van der Waals surface area contributed by atoms with Crippen LogP contribution in [0.3, 0.4) is 0 Å². The third-order valence-corrected chi connectivity index (χ3v) is 6.86. The van der Waals surface area contributed by atoms with E-state index in [0.717, 1.165) is 48.9 Å². The molecule has 1 fully saturated rings. The van der Waals surface area contributed by atoms with Gasteiger partial charge in [0, 0.05) is 34.8 Å². The Morgan fingerprint density at radius 3 is 2.52 bits per heavy atom. The average molecular weight is 459 g/mol. The molecular formula is C22H23ClN4O3S. The highest BCUT2D eigenvalue weighted by Gasteiger charge is 2.25. The Bertz CT molecular complexity index is 1210. The predicted molar refractivity (Wildman–Crippen MR) is 121 cm³/mol. The van der Waals surface area contributed by atoms with Crippen LogP contribution in [0.15, 0.2) is 59.6 Å². The summed E-state index contributed by atoms with van der Waals surface area (Å²) < 4.78 is 22.7. The minimum absolute atomic E-state index is 0.0167. The largest absolute Gasteiger partial charge is 0.326 e. The smallest absolute Gasteiger partial charge is 0.238 e. The molecule has 2 heterocycles. The lowest BCUT2D eigenvalue weighted by Crippen LogP contribution is -2.37. The van der Waals surface area contributed by atoms with Crippen LogP contribution in [0.2, 0.25) is 5.02 Å². The third kappa shape index (κ3) is 5.04. The molecule has 7 nitrogen and oxygen atoms in total. The van der Waals surface area contributed by atoms with Crippen molar-refractivity contribution >= 4 is 44.1 Å². The van der Waals surface area contributed by atoms with Gasteiger partial charge in [-0.1, -0.05) is 17.7 Å². The summed E-state index contributed by atoms with van der Waals surface area (Å²) in [6, 6.07) is 13.6. The number of piperidine rings is 1. The first-order valence-corrected chi connectivity index (χ1v) is 11.9. The summed E-state index contributed by atoms with van der Waals surface area (Å²) in [5.41, 5.74) is 2.59. The van der Waals surface area contributed by atoms with Gasteiger partial charge in [0.15, 0.2) is 0 Å². The number of likely N-dealkylation sites (tertiary alicyclic amines) is 1. The number of rotatable bonds is 5. The average Bonchev–Trinajstić information content (AvgIpc) is 2.76.